The molecule has 1 saturated heterocycles. The number of rotatable bonds is 8. The van der Waals surface area contributed by atoms with Crippen molar-refractivity contribution in [3.05, 3.63) is 65.7 Å². The second kappa shape index (κ2) is 10.9. The van der Waals surface area contributed by atoms with Crippen molar-refractivity contribution in [3.63, 3.8) is 0 Å². The molecule has 0 bridgehead atoms. The highest BCUT2D eigenvalue weighted by Gasteiger charge is 2.36. The fraction of sp³-hybridized carbons (Fsp3) is 0.440. The molecular formula is C25H33N3O4S. The Kier molecular flexibility index (Phi) is 8.26. The number of nitrogens with zero attached hydrogens (tertiary/aromatic N) is 1. The first-order chi connectivity index (χ1) is 15.7. The lowest BCUT2D eigenvalue weighted by molar-refractivity contribution is -0.124. The highest BCUT2D eigenvalue weighted by molar-refractivity contribution is 7.89. The van der Waals surface area contributed by atoms with Crippen LogP contribution in [0.5, 0.6) is 0 Å². The van der Waals surface area contributed by atoms with E-state index in [1.165, 1.54) is 4.31 Å². The van der Waals surface area contributed by atoms with Crippen LogP contribution in [0.15, 0.2) is 59.5 Å². The van der Waals surface area contributed by atoms with Crippen LogP contribution in [0.3, 0.4) is 0 Å². The van der Waals surface area contributed by atoms with Crippen molar-refractivity contribution in [2.45, 2.75) is 44.6 Å². The summed E-state index contributed by atoms with van der Waals surface area (Å²) in [6.45, 7) is 7.04. The van der Waals surface area contributed by atoms with Gasteiger partial charge in [-0.1, -0.05) is 49.7 Å². The van der Waals surface area contributed by atoms with Gasteiger partial charge in [0, 0.05) is 25.2 Å². The van der Waals surface area contributed by atoms with Crippen molar-refractivity contribution >= 4 is 21.8 Å². The molecule has 0 saturated carbocycles. The number of hydrogen-bond acceptors (Lipinski definition) is 4. The van der Waals surface area contributed by atoms with Crippen LogP contribution in [0.1, 0.15) is 42.6 Å². The van der Waals surface area contributed by atoms with Gasteiger partial charge in [0.15, 0.2) is 0 Å². The van der Waals surface area contributed by atoms with E-state index in [2.05, 4.69) is 10.6 Å². The second-order valence-electron chi connectivity index (χ2n) is 9.01. The summed E-state index contributed by atoms with van der Waals surface area (Å²) < 4.78 is 27.5. The van der Waals surface area contributed by atoms with Gasteiger partial charge in [-0.15, -0.1) is 0 Å². The van der Waals surface area contributed by atoms with Crippen LogP contribution in [0, 0.1) is 18.8 Å². The van der Waals surface area contributed by atoms with Crippen LogP contribution in [0.25, 0.3) is 0 Å². The fourth-order valence-corrected chi connectivity index (χ4v) is 5.40. The van der Waals surface area contributed by atoms with Crippen molar-refractivity contribution in [2.75, 3.05) is 19.6 Å². The number of carbonyl (C=O) groups excluding carboxylic acids is 2. The van der Waals surface area contributed by atoms with Crippen molar-refractivity contribution < 1.29 is 18.0 Å². The van der Waals surface area contributed by atoms with Crippen LogP contribution >= 0.6 is 0 Å². The monoisotopic (exact) mass is 471 g/mol. The molecule has 178 valence electrons. The van der Waals surface area contributed by atoms with Gasteiger partial charge in [0.05, 0.1) is 4.90 Å². The first-order valence-electron chi connectivity index (χ1n) is 11.4. The van der Waals surface area contributed by atoms with Gasteiger partial charge in [-0.2, -0.15) is 4.31 Å². The molecule has 8 heteroatoms. The molecule has 3 rings (SSSR count). The van der Waals surface area contributed by atoms with Gasteiger partial charge in [-0.3, -0.25) is 9.59 Å². The Labute approximate surface area is 196 Å². The molecule has 33 heavy (non-hydrogen) atoms. The molecule has 1 fully saturated rings. The van der Waals surface area contributed by atoms with E-state index in [9.17, 15) is 18.0 Å². The van der Waals surface area contributed by atoms with Gasteiger partial charge in [0.2, 0.25) is 15.9 Å². The molecule has 2 aromatic carbocycles. The maximum Gasteiger partial charge on any atom is 0.251 e. The Morgan fingerprint density at radius 3 is 2.18 bits per heavy atom. The van der Waals surface area contributed by atoms with Crippen molar-refractivity contribution in [2.24, 2.45) is 11.8 Å². The minimum absolute atomic E-state index is 0.158. The zero-order valence-corrected chi connectivity index (χ0v) is 20.3. The number of benzene rings is 2. The summed E-state index contributed by atoms with van der Waals surface area (Å²) in [5, 5.41) is 5.82. The summed E-state index contributed by atoms with van der Waals surface area (Å²) in [6, 6.07) is 14.9. The molecule has 0 aromatic heterocycles. The minimum atomic E-state index is -3.59. The third-order valence-corrected chi connectivity index (χ3v) is 7.83. The maximum atomic E-state index is 13.0. The SMILES string of the molecule is Cc1ccc(S(=O)(=O)N2CCC([C@@H](NC(=O)c3ccccc3)C(=O)NCC(C)C)CC2)cc1. The average molecular weight is 472 g/mol. The highest BCUT2D eigenvalue weighted by Crippen LogP contribution is 2.26. The Morgan fingerprint density at radius 1 is 1.00 bits per heavy atom. The van der Waals surface area contributed by atoms with E-state index in [1.54, 1.807) is 48.5 Å². The van der Waals surface area contributed by atoms with Crippen LogP contribution in [0.2, 0.25) is 0 Å². The lowest BCUT2D eigenvalue weighted by Crippen LogP contribution is -2.54. The Morgan fingerprint density at radius 2 is 1.61 bits per heavy atom. The Bertz CT molecular complexity index is 1040. The zero-order chi connectivity index (χ0) is 24.0. The molecule has 0 spiro atoms. The maximum absolute atomic E-state index is 13.0. The first-order valence-corrected chi connectivity index (χ1v) is 12.8. The largest absolute Gasteiger partial charge is 0.354 e. The van der Waals surface area contributed by atoms with Gasteiger partial charge in [-0.05, 0) is 55.9 Å². The molecule has 7 nitrogen and oxygen atoms in total. The van der Waals surface area contributed by atoms with Gasteiger partial charge in [0.1, 0.15) is 6.04 Å². The Hall–Kier alpha value is -2.71. The summed E-state index contributed by atoms with van der Waals surface area (Å²) in [4.78, 5) is 26.0. The quantitative estimate of drug-likeness (QED) is 0.619. The topological polar surface area (TPSA) is 95.6 Å². The Balaban J connectivity index is 1.71. The third kappa shape index (κ3) is 6.42. The zero-order valence-electron chi connectivity index (χ0n) is 19.5. The minimum Gasteiger partial charge on any atom is -0.354 e. The summed E-state index contributed by atoms with van der Waals surface area (Å²) in [5.74, 6) is -0.418. The second-order valence-corrected chi connectivity index (χ2v) is 10.9. The van der Waals surface area contributed by atoms with Gasteiger partial charge in [-0.25, -0.2) is 8.42 Å². The number of piperidine rings is 1. The van der Waals surface area contributed by atoms with Crippen molar-refractivity contribution in [3.8, 4) is 0 Å². The van der Waals surface area contributed by atoms with E-state index in [4.69, 9.17) is 0 Å². The number of carbonyl (C=O) groups is 2. The molecule has 1 heterocycles. The van der Waals surface area contributed by atoms with E-state index in [1.807, 2.05) is 26.8 Å². The van der Waals surface area contributed by atoms with Crippen molar-refractivity contribution in [1.82, 2.24) is 14.9 Å². The number of aryl methyl sites for hydroxylation is 1. The van der Waals surface area contributed by atoms with Gasteiger partial charge in [0.25, 0.3) is 5.91 Å². The lowest BCUT2D eigenvalue weighted by atomic mass is 9.89. The summed E-state index contributed by atoms with van der Waals surface area (Å²) in [7, 11) is -3.59. The molecule has 1 aliphatic heterocycles. The van der Waals surface area contributed by atoms with E-state index in [0.717, 1.165) is 5.56 Å². The molecule has 0 radical (unpaired) electrons. The van der Waals surface area contributed by atoms with Crippen molar-refractivity contribution in [1.29, 1.82) is 0 Å². The fourth-order valence-electron chi connectivity index (χ4n) is 3.94. The van der Waals surface area contributed by atoms with Crippen LogP contribution in [-0.2, 0) is 14.8 Å². The first kappa shape index (κ1) is 24.9. The van der Waals surface area contributed by atoms with Gasteiger partial charge < -0.3 is 10.6 Å². The van der Waals surface area contributed by atoms with E-state index in [-0.39, 0.29) is 28.5 Å². The molecule has 2 N–H and O–H groups in total. The summed E-state index contributed by atoms with van der Waals surface area (Å²) >= 11 is 0. The number of hydrogen-bond donors (Lipinski definition) is 2. The van der Waals surface area contributed by atoms with Crippen LogP contribution in [0.4, 0.5) is 0 Å². The lowest BCUT2D eigenvalue weighted by Gasteiger charge is -2.35. The average Bonchev–Trinajstić information content (AvgIpc) is 2.81. The summed E-state index contributed by atoms with van der Waals surface area (Å²) in [5.41, 5.74) is 1.48. The predicted molar refractivity (Wildman–Crippen MR) is 128 cm³/mol. The number of nitrogens with one attached hydrogen (secondary N) is 2. The number of sulfonamides is 1. The predicted octanol–water partition coefficient (Wildman–Crippen LogP) is 2.97. The number of amides is 2. The van der Waals surface area contributed by atoms with E-state index < -0.39 is 16.1 Å². The standard InChI is InChI=1S/C25H33N3O4S/c1-18(2)17-26-25(30)23(27-24(29)21-7-5-4-6-8-21)20-13-15-28(16-14-20)33(31,32)22-11-9-19(3)10-12-22/h4-12,18,20,23H,13-17H2,1-3H3,(H,26,30)(H,27,29)/t23-/m1/s1. The van der Waals surface area contributed by atoms with Crippen LogP contribution in [-0.4, -0.2) is 50.2 Å². The van der Waals surface area contributed by atoms with E-state index in [0.29, 0.717) is 38.0 Å². The highest BCUT2D eigenvalue weighted by atomic mass is 32.2. The molecule has 0 unspecified atom stereocenters. The smallest absolute Gasteiger partial charge is 0.251 e. The molecule has 2 amide bonds. The normalized spacial score (nSPS) is 16.4. The molecule has 1 aliphatic rings. The molecule has 1 atom stereocenters. The third-order valence-electron chi connectivity index (χ3n) is 5.92. The summed E-state index contributed by atoms with van der Waals surface area (Å²) in [6.07, 6.45) is 0.972. The molecular weight excluding hydrogens is 438 g/mol. The van der Waals surface area contributed by atoms with Gasteiger partial charge >= 0.3 is 0 Å². The molecule has 0 aliphatic carbocycles. The molecule has 2 aromatic rings. The van der Waals surface area contributed by atoms with Crippen LogP contribution < -0.4 is 10.6 Å². The van der Waals surface area contributed by atoms with E-state index >= 15 is 0 Å².